The maximum atomic E-state index is 15.1. The molecular weight excluding hydrogens is 627 g/mol. The number of aromatic nitrogens is 3. The van der Waals surface area contributed by atoms with Crippen LogP contribution in [0.25, 0.3) is 5.69 Å². The summed E-state index contributed by atoms with van der Waals surface area (Å²) in [6, 6.07) is 9.59. The lowest BCUT2D eigenvalue weighted by Crippen LogP contribution is -2.78. The Labute approximate surface area is 294 Å². The molecule has 3 aliphatic heterocycles. The van der Waals surface area contributed by atoms with Crippen LogP contribution in [0.4, 0.5) is 0 Å². The molecule has 49 heavy (non-hydrogen) atoms. The lowest BCUT2D eigenvalue weighted by molar-refractivity contribution is -0.194. The number of rotatable bonds is 8. The fourth-order valence-corrected chi connectivity index (χ4v) is 13.8. The first-order chi connectivity index (χ1) is 23.0. The van der Waals surface area contributed by atoms with E-state index in [2.05, 4.69) is 80.6 Å². The summed E-state index contributed by atoms with van der Waals surface area (Å²) in [5, 5.41) is 0.0499. The molecule has 8 heteroatoms. The fraction of sp³-hybridized carbons (Fsp3) is 0.756. The van der Waals surface area contributed by atoms with E-state index in [-0.39, 0.29) is 57.4 Å². The minimum absolute atomic E-state index is 0.00214. The number of para-hydroxylation sites is 1. The Kier molecular flexibility index (Phi) is 7.41. The summed E-state index contributed by atoms with van der Waals surface area (Å²) >= 11 is 0. The van der Waals surface area contributed by atoms with Gasteiger partial charge in [-0.3, -0.25) is 0 Å². The molecule has 7 aliphatic rings. The zero-order valence-electron chi connectivity index (χ0n) is 31.8. The molecule has 7 nitrogen and oxygen atoms in total. The van der Waals surface area contributed by atoms with Crippen molar-refractivity contribution in [3.8, 4) is 5.69 Å². The Hall–Kier alpha value is -2.16. The highest BCUT2D eigenvalue weighted by molar-refractivity contribution is 6.74. The van der Waals surface area contributed by atoms with E-state index in [1.165, 1.54) is 36.7 Å². The molecule has 2 bridgehead atoms. The van der Waals surface area contributed by atoms with Crippen LogP contribution in [-0.4, -0.2) is 40.6 Å². The number of benzene rings is 1. The summed E-state index contributed by atoms with van der Waals surface area (Å²) < 4.78 is 19.4. The third-order valence-corrected chi connectivity index (χ3v) is 20.4. The van der Waals surface area contributed by atoms with Crippen molar-refractivity contribution in [3.05, 3.63) is 63.5 Å². The lowest BCUT2D eigenvalue weighted by Gasteiger charge is -2.70. The largest absolute Gasteiger partial charge is 0.411 e. The first-order valence-electron chi connectivity index (χ1n) is 19.5. The molecule has 11 atom stereocenters. The third kappa shape index (κ3) is 4.26. The van der Waals surface area contributed by atoms with E-state index < -0.39 is 19.4 Å². The van der Waals surface area contributed by atoms with Crippen molar-refractivity contribution < 1.29 is 9.16 Å². The van der Waals surface area contributed by atoms with Gasteiger partial charge in [-0.1, -0.05) is 105 Å². The van der Waals surface area contributed by atoms with Gasteiger partial charge in [0.15, 0.2) is 8.32 Å². The standard InChI is InChI=1S/C41H61N3O4Si/c1-26(2)15-14-16-27(3)29-19-20-31-38(29,7)22-21-32-39(8)34-33(47-34)30(48-49(9,10)37(4,5)6)25-40(39)23-24-41(31,32)44-36(46)42(35(45)43(40)44)28-17-12-11-13-18-28/h11-13,17-18,23-24,26-27,29-34H,14-16,19-22,25H2,1-10H3/t27-,29-,30-,31-,32-,33+,34+,38-,39+,40?,41?/m1/s1. The highest BCUT2D eigenvalue weighted by Gasteiger charge is 2.81. The summed E-state index contributed by atoms with van der Waals surface area (Å²) in [5.41, 5.74) is -1.30. The van der Waals surface area contributed by atoms with Crippen LogP contribution >= 0.6 is 0 Å². The van der Waals surface area contributed by atoms with E-state index in [0.29, 0.717) is 23.9 Å². The molecule has 4 heterocycles. The van der Waals surface area contributed by atoms with Gasteiger partial charge in [0.2, 0.25) is 0 Å². The first-order valence-corrected chi connectivity index (χ1v) is 22.4. The van der Waals surface area contributed by atoms with Crippen molar-refractivity contribution >= 4 is 8.32 Å². The number of hydrogen-bond acceptors (Lipinski definition) is 4. The second-order valence-corrected chi connectivity index (χ2v) is 24.3. The summed E-state index contributed by atoms with van der Waals surface area (Å²) in [6.45, 7) is 23.6. The molecular formula is C41H61N3O4Si. The number of fused-ring (bicyclic) bond motifs is 2. The van der Waals surface area contributed by atoms with Crippen LogP contribution in [0, 0.1) is 40.4 Å². The molecule has 3 saturated carbocycles. The maximum Gasteiger partial charge on any atom is 0.352 e. The van der Waals surface area contributed by atoms with Gasteiger partial charge in [-0.15, -0.1) is 0 Å². The quantitative estimate of drug-likeness (QED) is 0.159. The molecule has 4 aliphatic carbocycles. The van der Waals surface area contributed by atoms with Crippen molar-refractivity contribution in [2.45, 2.75) is 154 Å². The zero-order valence-corrected chi connectivity index (χ0v) is 32.8. The highest BCUT2D eigenvalue weighted by atomic mass is 28.4. The lowest BCUT2D eigenvalue weighted by atomic mass is 9.40. The maximum absolute atomic E-state index is 15.1. The van der Waals surface area contributed by atoms with Gasteiger partial charge < -0.3 is 9.16 Å². The molecule has 1 saturated heterocycles. The Morgan fingerprint density at radius 2 is 1.63 bits per heavy atom. The smallest absolute Gasteiger partial charge is 0.352 e. The molecule has 1 aromatic heterocycles. The number of allylic oxidation sites excluding steroid dienone is 2. The van der Waals surface area contributed by atoms with Gasteiger partial charge in [-0.25, -0.2) is 23.5 Å². The second kappa shape index (κ2) is 10.7. The molecule has 2 unspecified atom stereocenters. The van der Waals surface area contributed by atoms with Gasteiger partial charge in [0.05, 0.1) is 29.0 Å². The Morgan fingerprint density at radius 3 is 2.31 bits per heavy atom. The zero-order chi connectivity index (χ0) is 35.1. The molecule has 0 radical (unpaired) electrons. The predicted octanol–water partition coefficient (Wildman–Crippen LogP) is 8.25. The summed E-state index contributed by atoms with van der Waals surface area (Å²) in [6.07, 6.45) is 13.7. The van der Waals surface area contributed by atoms with E-state index >= 15 is 9.59 Å². The van der Waals surface area contributed by atoms with Gasteiger partial charge in [0.25, 0.3) is 0 Å². The normalized spacial score (nSPS) is 40.8. The van der Waals surface area contributed by atoms with Crippen molar-refractivity contribution in [2.24, 2.45) is 40.4 Å². The van der Waals surface area contributed by atoms with Crippen LogP contribution < -0.4 is 11.4 Å². The first kappa shape index (κ1) is 34.0. The molecule has 9 rings (SSSR count). The monoisotopic (exact) mass is 687 g/mol. The average Bonchev–Trinajstić information content (AvgIpc) is 3.69. The minimum atomic E-state index is -2.15. The van der Waals surface area contributed by atoms with Crippen LogP contribution in [0.3, 0.4) is 0 Å². The third-order valence-electron chi connectivity index (χ3n) is 15.9. The van der Waals surface area contributed by atoms with Crippen molar-refractivity contribution in [2.75, 3.05) is 0 Å². The number of ether oxygens (including phenoxy) is 1. The Balaban J connectivity index is 1.30. The molecule has 2 spiro atoms. The molecule has 0 amide bonds. The Bertz CT molecular complexity index is 1780. The topological polar surface area (TPSA) is 70.7 Å². The second-order valence-electron chi connectivity index (χ2n) is 19.6. The summed E-state index contributed by atoms with van der Waals surface area (Å²) in [7, 11) is -2.15. The van der Waals surface area contributed by atoms with Gasteiger partial charge in [0.1, 0.15) is 6.10 Å². The van der Waals surface area contributed by atoms with Crippen molar-refractivity contribution in [3.63, 3.8) is 0 Å². The number of nitrogens with zero attached hydrogens (tertiary/aromatic N) is 3. The van der Waals surface area contributed by atoms with Crippen LogP contribution in [-0.2, 0) is 20.2 Å². The van der Waals surface area contributed by atoms with Gasteiger partial charge in [0, 0.05) is 11.8 Å². The molecule has 268 valence electrons. The number of epoxide rings is 1. The molecule has 0 N–H and O–H groups in total. The minimum Gasteiger partial charge on any atom is -0.411 e. The molecule has 4 fully saturated rings. The SMILES string of the molecule is CC(C)CCC[C@@H](C)[C@H]1CC[C@H]2C34C=CC5(C[C@@H](O[Si](C)(C)C(C)(C)C)[C@@H]6O[C@@H]6[C@]5(C)[C@H]3CC[C@]12C)n1c(=O)n(-c2ccccc2)c(=O)n14. The highest BCUT2D eigenvalue weighted by Crippen LogP contribution is 2.76. The van der Waals surface area contributed by atoms with E-state index in [9.17, 15) is 0 Å². The van der Waals surface area contributed by atoms with Crippen LogP contribution in [0.5, 0.6) is 0 Å². The van der Waals surface area contributed by atoms with E-state index in [1.807, 2.05) is 39.7 Å². The van der Waals surface area contributed by atoms with Crippen LogP contribution in [0.1, 0.15) is 107 Å². The Morgan fingerprint density at radius 1 is 0.939 bits per heavy atom. The van der Waals surface area contributed by atoms with Gasteiger partial charge in [-0.05, 0) is 91.0 Å². The van der Waals surface area contributed by atoms with Gasteiger partial charge in [-0.2, -0.15) is 0 Å². The van der Waals surface area contributed by atoms with Crippen molar-refractivity contribution in [1.29, 1.82) is 0 Å². The van der Waals surface area contributed by atoms with Gasteiger partial charge >= 0.3 is 11.4 Å². The summed E-state index contributed by atoms with van der Waals surface area (Å²) in [5.74, 6) is 2.46. The van der Waals surface area contributed by atoms with E-state index in [1.54, 1.807) is 0 Å². The van der Waals surface area contributed by atoms with Crippen molar-refractivity contribution in [1.82, 2.24) is 13.9 Å². The summed E-state index contributed by atoms with van der Waals surface area (Å²) in [4.78, 5) is 30.2. The van der Waals surface area contributed by atoms with Crippen LogP contribution in [0.15, 0.2) is 52.1 Å². The van der Waals surface area contributed by atoms with E-state index in [0.717, 1.165) is 18.8 Å². The van der Waals surface area contributed by atoms with E-state index in [4.69, 9.17) is 9.16 Å². The fourth-order valence-electron chi connectivity index (χ4n) is 12.4. The van der Waals surface area contributed by atoms with Crippen LogP contribution in [0.2, 0.25) is 18.1 Å². The molecule has 1 aromatic carbocycles. The predicted molar refractivity (Wildman–Crippen MR) is 198 cm³/mol. The molecule has 2 aromatic rings. The number of hydrogen-bond donors (Lipinski definition) is 0. The average molecular weight is 688 g/mol.